The Kier molecular flexibility index (Phi) is 4.45. The van der Waals surface area contributed by atoms with Crippen molar-refractivity contribution in [1.82, 2.24) is 0 Å². The highest BCUT2D eigenvalue weighted by Crippen LogP contribution is 2.24. The number of thiocarbonyl (C=S) groups is 1. The third-order valence-electron chi connectivity index (χ3n) is 1.45. The second-order valence-electron chi connectivity index (χ2n) is 2.67. The first-order valence-electron chi connectivity index (χ1n) is 3.95. The molecule has 0 unspecified atom stereocenters. The average Bonchev–Trinajstić information content (AvgIpc) is 2.01. The van der Waals surface area contributed by atoms with E-state index in [1.807, 2.05) is 0 Å². The second kappa shape index (κ2) is 5.39. The minimum Gasteiger partial charge on any atom is -0.493 e. The van der Waals surface area contributed by atoms with Gasteiger partial charge in [-0.3, -0.25) is 0 Å². The Bertz CT molecular complexity index is 323. The fourth-order valence-electron chi connectivity index (χ4n) is 0.881. The van der Waals surface area contributed by atoms with Gasteiger partial charge in [-0.25, -0.2) is 0 Å². The van der Waals surface area contributed by atoms with Crippen molar-refractivity contribution in [3.63, 3.8) is 0 Å². The van der Waals surface area contributed by atoms with Gasteiger partial charge >= 0.3 is 0 Å². The van der Waals surface area contributed by atoms with Crippen molar-refractivity contribution in [2.75, 3.05) is 6.61 Å². The molecule has 0 amide bonds. The normalized spacial score (nSPS) is 9.86. The summed E-state index contributed by atoms with van der Waals surface area (Å²) in [5.74, 6) is 0.624. The molecule has 1 aromatic carbocycles. The molecule has 0 heterocycles. The van der Waals surface area contributed by atoms with Crippen molar-refractivity contribution in [2.24, 2.45) is 5.73 Å². The smallest absolute Gasteiger partial charge is 0.122 e. The van der Waals surface area contributed by atoms with Crippen LogP contribution in [0.25, 0.3) is 0 Å². The van der Waals surface area contributed by atoms with Crippen LogP contribution in [0.1, 0.15) is 6.42 Å². The molecule has 0 saturated carbocycles. The van der Waals surface area contributed by atoms with E-state index in [4.69, 9.17) is 45.9 Å². The van der Waals surface area contributed by atoms with E-state index in [0.717, 1.165) is 0 Å². The van der Waals surface area contributed by atoms with E-state index in [-0.39, 0.29) is 0 Å². The van der Waals surface area contributed by atoms with Gasteiger partial charge in [0, 0.05) is 16.5 Å². The van der Waals surface area contributed by atoms with Crippen molar-refractivity contribution in [3.05, 3.63) is 28.2 Å². The number of benzene rings is 1. The number of rotatable bonds is 4. The quantitative estimate of drug-likeness (QED) is 0.834. The minimum atomic E-state index is 0.429. The van der Waals surface area contributed by atoms with Gasteiger partial charge in [-0.1, -0.05) is 35.4 Å². The van der Waals surface area contributed by atoms with Gasteiger partial charge in [-0.15, -0.1) is 0 Å². The van der Waals surface area contributed by atoms with Crippen molar-refractivity contribution in [2.45, 2.75) is 6.42 Å². The van der Waals surface area contributed by atoms with Crippen LogP contribution in [-0.2, 0) is 0 Å². The molecule has 0 bridgehead atoms. The van der Waals surface area contributed by atoms with Crippen molar-refractivity contribution in [3.8, 4) is 5.75 Å². The molecule has 0 aliphatic rings. The molecule has 2 nitrogen and oxygen atoms in total. The molecule has 0 aliphatic heterocycles. The first-order chi connectivity index (χ1) is 6.58. The van der Waals surface area contributed by atoms with Gasteiger partial charge in [0.15, 0.2) is 0 Å². The summed E-state index contributed by atoms with van der Waals surface area (Å²) in [5.41, 5.74) is 5.32. The molecule has 0 fully saturated rings. The van der Waals surface area contributed by atoms with E-state index in [0.29, 0.717) is 33.8 Å². The summed E-state index contributed by atoms with van der Waals surface area (Å²) in [4.78, 5) is 0.429. The number of nitrogens with two attached hydrogens (primary N) is 1. The zero-order chi connectivity index (χ0) is 10.6. The highest BCUT2D eigenvalue weighted by molar-refractivity contribution is 7.80. The maximum atomic E-state index is 5.78. The molecule has 14 heavy (non-hydrogen) atoms. The molecule has 1 aromatic rings. The zero-order valence-corrected chi connectivity index (χ0v) is 9.62. The molecule has 5 heteroatoms. The van der Waals surface area contributed by atoms with Gasteiger partial charge in [0.25, 0.3) is 0 Å². The number of ether oxygens (including phenoxy) is 1. The molecular formula is C9H9Cl2NOS. The summed E-state index contributed by atoms with van der Waals surface area (Å²) in [5, 5.41) is 1.09. The Morgan fingerprint density at radius 3 is 2.36 bits per heavy atom. The Balaban J connectivity index is 2.54. The first kappa shape index (κ1) is 11.6. The highest BCUT2D eigenvalue weighted by Gasteiger charge is 1.99. The fraction of sp³-hybridized carbons (Fsp3) is 0.222. The van der Waals surface area contributed by atoms with Crippen molar-refractivity contribution in [1.29, 1.82) is 0 Å². The molecule has 1 rings (SSSR count). The molecule has 0 spiro atoms. The van der Waals surface area contributed by atoms with Gasteiger partial charge in [0.05, 0.1) is 11.6 Å². The minimum absolute atomic E-state index is 0.429. The lowest BCUT2D eigenvalue weighted by atomic mass is 10.3. The van der Waals surface area contributed by atoms with Crippen LogP contribution in [0.2, 0.25) is 10.0 Å². The lowest BCUT2D eigenvalue weighted by molar-refractivity contribution is 0.329. The van der Waals surface area contributed by atoms with Crippen LogP contribution in [0, 0.1) is 0 Å². The Hall–Kier alpha value is -0.510. The maximum Gasteiger partial charge on any atom is 0.122 e. The van der Waals surface area contributed by atoms with E-state index in [1.165, 1.54) is 0 Å². The number of hydrogen-bond donors (Lipinski definition) is 1. The van der Waals surface area contributed by atoms with Crippen LogP contribution >= 0.6 is 35.4 Å². The van der Waals surface area contributed by atoms with E-state index >= 15 is 0 Å². The van der Waals surface area contributed by atoms with E-state index < -0.39 is 0 Å². The van der Waals surface area contributed by atoms with Gasteiger partial charge in [0.2, 0.25) is 0 Å². The van der Waals surface area contributed by atoms with E-state index in [1.54, 1.807) is 18.2 Å². The van der Waals surface area contributed by atoms with Crippen LogP contribution < -0.4 is 10.5 Å². The standard InChI is InChI=1S/C9H9Cl2NOS/c10-6-3-7(11)5-8(4-6)13-2-1-9(12)14/h3-5H,1-2H2,(H2,12,14). The Morgan fingerprint density at radius 1 is 1.29 bits per heavy atom. The summed E-state index contributed by atoms with van der Waals surface area (Å²) in [7, 11) is 0. The predicted molar refractivity (Wildman–Crippen MR) is 63.4 cm³/mol. The summed E-state index contributed by atoms with van der Waals surface area (Å²) < 4.78 is 5.34. The van der Waals surface area contributed by atoms with Crippen LogP contribution in [0.4, 0.5) is 0 Å². The highest BCUT2D eigenvalue weighted by atomic mass is 35.5. The van der Waals surface area contributed by atoms with Crippen LogP contribution in [0.15, 0.2) is 18.2 Å². The van der Waals surface area contributed by atoms with E-state index in [2.05, 4.69) is 0 Å². The van der Waals surface area contributed by atoms with Gasteiger partial charge in [-0.05, 0) is 18.2 Å². The topological polar surface area (TPSA) is 35.2 Å². The van der Waals surface area contributed by atoms with E-state index in [9.17, 15) is 0 Å². The summed E-state index contributed by atoms with van der Waals surface area (Å²) in [6.45, 7) is 0.437. The fourth-order valence-corrected chi connectivity index (χ4v) is 1.47. The molecule has 0 radical (unpaired) electrons. The third kappa shape index (κ3) is 4.13. The van der Waals surface area contributed by atoms with Gasteiger partial charge in [0.1, 0.15) is 5.75 Å². The molecular weight excluding hydrogens is 241 g/mol. The molecule has 2 N–H and O–H groups in total. The third-order valence-corrected chi connectivity index (χ3v) is 2.09. The lowest BCUT2D eigenvalue weighted by Crippen LogP contribution is -2.12. The molecule has 0 aliphatic carbocycles. The monoisotopic (exact) mass is 249 g/mol. The summed E-state index contributed by atoms with van der Waals surface area (Å²) in [6, 6.07) is 5.02. The lowest BCUT2D eigenvalue weighted by Gasteiger charge is -2.06. The average molecular weight is 250 g/mol. The zero-order valence-electron chi connectivity index (χ0n) is 7.30. The van der Waals surface area contributed by atoms with Crippen molar-refractivity contribution >= 4 is 40.4 Å². The van der Waals surface area contributed by atoms with Crippen molar-refractivity contribution < 1.29 is 4.74 Å². The largest absolute Gasteiger partial charge is 0.493 e. The van der Waals surface area contributed by atoms with Gasteiger partial charge < -0.3 is 10.5 Å². The maximum absolute atomic E-state index is 5.78. The van der Waals surface area contributed by atoms with Crippen LogP contribution in [0.3, 0.4) is 0 Å². The Morgan fingerprint density at radius 2 is 1.86 bits per heavy atom. The number of hydrogen-bond acceptors (Lipinski definition) is 2. The second-order valence-corrected chi connectivity index (χ2v) is 4.07. The summed E-state index contributed by atoms with van der Waals surface area (Å²) >= 11 is 16.3. The molecule has 0 atom stereocenters. The molecule has 76 valence electrons. The van der Waals surface area contributed by atoms with Gasteiger partial charge in [-0.2, -0.15) is 0 Å². The number of halogens is 2. The molecule has 0 aromatic heterocycles. The summed E-state index contributed by atoms with van der Waals surface area (Å²) in [6.07, 6.45) is 0.541. The van der Waals surface area contributed by atoms with Crippen LogP contribution in [-0.4, -0.2) is 11.6 Å². The Labute approximate surface area is 97.9 Å². The SMILES string of the molecule is NC(=S)CCOc1cc(Cl)cc(Cl)c1. The predicted octanol–water partition coefficient (Wildman–Crippen LogP) is 3.05. The molecule has 0 saturated heterocycles. The first-order valence-corrected chi connectivity index (χ1v) is 5.11. The van der Waals surface area contributed by atoms with Crippen LogP contribution in [0.5, 0.6) is 5.75 Å².